The average molecular weight is 511 g/mol. The summed E-state index contributed by atoms with van der Waals surface area (Å²) in [6.45, 7) is 2.43. The molecule has 2 aliphatic rings. The number of rotatable bonds is 6. The van der Waals surface area contributed by atoms with E-state index < -0.39 is 17.7 Å². The number of hydrogen-bond acceptors (Lipinski definition) is 7. The molecule has 1 aliphatic heterocycles. The molecule has 0 bridgehead atoms. The Kier molecular flexibility index (Phi) is 4.95. The summed E-state index contributed by atoms with van der Waals surface area (Å²) >= 11 is 1.19. The first kappa shape index (κ1) is 22.1. The molecule has 188 valence electrons. The lowest BCUT2D eigenvalue weighted by molar-refractivity contribution is -0.144. The average Bonchev–Trinajstić information content (AvgIpc) is 3.41. The van der Waals surface area contributed by atoms with Gasteiger partial charge in [-0.05, 0) is 55.6 Å². The Morgan fingerprint density at radius 3 is 2.60 bits per heavy atom. The molecule has 4 aromatic rings. The lowest BCUT2D eigenvalue weighted by atomic mass is 9.91. The SMILES string of the molecule is Cc1cc(Nc2cc(N3CC(F)(C4CC4)C3)nc(Sc3ccc4nc(C(F)(F)F)[nH]c4c3)n2)n[nH]1.[HH].[HH].[HH]. The van der Waals surface area contributed by atoms with Gasteiger partial charge in [0.2, 0.25) is 5.82 Å². The number of benzene rings is 1. The zero-order valence-electron chi connectivity index (χ0n) is 18.4. The van der Waals surface area contributed by atoms with Crippen LogP contribution in [0.4, 0.5) is 35.0 Å². The molecule has 8 nitrogen and oxygen atoms in total. The van der Waals surface area contributed by atoms with Crippen LogP contribution in [0.3, 0.4) is 0 Å². The summed E-state index contributed by atoms with van der Waals surface area (Å²) in [7, 11) is 0. The predicted octanol–water partition coefficient (Wildman–Crippen LogP) is 5.97. The molecule has 3 N–H and O–H groups in total. The molecule has 1 saturated carbocycles. The Bertz CT molecular complexity index is 1420. The van der Waals surface area contributed by atoms with E-state index in [0.717, 1.165) is 18.5 Å². The molecule has 1 aromatic carbocycles. The quantitative estimate of drug-likeness (QED) is 0.217. The van der Waals surface area contributed by atoms with Gasteiger partial charge in [0, 0.05) is 27.0 Å². The summed E-state index contributed by atoms with van der Waals surface area (Å²) in [5, 5.41) is 10.5. The maximum atomic E-state index is 14.9. The van der Waals surface area contributed by atoms with Crippen molar-refractivity contribution in [3.63, 3.8) is 0 Å². The van der Waals surface area contributed by atoms with Crippen LogP contribution in [0, 0.1) is 12.8 Å². The van der Waals surface area contributed by atoms with Gasteiger partial charge in [0.15, 0.2) is 11.0 Å². The summed E-state index contributed by atoms with van der Waals surface area (Å²) in [6, 6.07) is 8.32. The van der Waals surface area contributed by atoms with Gasteiger partial charge in [-0.25, -0.2) is 19.3 Å². The largest absolute Gasteiger partial charge is 0.449 e. The van der Waals surface area contributed by atoms with Gasteiger partial charge in [0.1, 0.15) is 17.3 Å². The summed E-state index contributed by atoms with van der Waals surface area (Å²) in [4.78, 5) is 17.6. The van der Waals surface area contributed by atoms with Crippen LogP contribution >= 0.6 is 11.8 Å². The van der Waals surface area contributed by atoms with Crippen molar-refractivity contribution in [2.75, 3.05) is 23.3 Å². The molecule has 0 spiro atoms. The highest BCUT2D eigenvalue weighted by Gasteiger charge is 2.54. The number of aromatic amines is 2. The van der Waals surface area contributed by atoms with Gasteiger partial charge in [-0.1, -0.05) is 0 Å². The van der Waals surface area contributed by atoms with E-state index in [1.807, 2.05) is 17.9 Å². The number of H-pyrrole nitrogens is 2. The molecule has 6 rings (SSSR count). The minimum absolute atomic E-state index is 0. The van der Waals surface area contributed by atoms with Gasteiger partial charge in [-0.3, -0.25) is 5.10 Å². The second-order valence-corrected chi connectivity index (χ2v) is 10.0. The topological polar surface area (TPSA) is 98.4 Å². The molecule has 1 aliphatic carbocycles. The lowest BCUT2D eigenvalue weighted by Crippen LogP contribution is -2.60. The Balaban J connectivity index is 0.00000133. The van der Waals surface area contributed by atoms with Crippen molar-refractivity contribution >= 4 is 40.2 Å². The van der Waals surface area contributed by atoms with E-state index in [1.165, 1.54) is 17.8 Å². The van der Waals surface area contributed by atoms with E-state index in [2.05, 4.69) is 35.5 Å². The molecular weight excluding hydrogens is 484 g/mol. The molecule has 13 heteroatoms. The van der Waals surface area contributed by atoms with Crippen molar-refractivity contribution < 1.29 is 21.8 Å². The minimum Gasteiger partial charge on any atom is -0.350 e. The van der Waals surface area contributed by atoms with Gasteiger partial charge in [-0.15, -0.1) is 0 Å². The number of fused-ring (bicyclic) bond motifs is 1. The zero-order chi connectivity index (χ0) is 24.4. The Morgan fingerprint density at radius 1 is 1.11 bits per heavy atom. The maximum absolute atomic E-state index is 14.9. The molecule has 2 fully saturated rings. The van der Waals surface area contributed by atoms with Gasteiger partial charge < -0.3 is 15.2 Å². The third-order valence-corrected chi connectivity index (χ3v) is 6.98. The van der Waals surface area contributed by atoms with Crippen molar-refractivity contribution in [3.8, 4) is 0 Å². The van der Waals surface area contributed by atoms with Crippen LogP contribution in [0.1, 0.15) is 28.6 Å². The van der Waals surface area contributed by atoms with Gasteiger partial charge in [0.05, 0.1) is 24.1 Å². The highest BCUT2D eigenvalue weighted by atomic mass is 32.2. The van der Waals surface area contributed by atoms with Crippen LogP contribution in [-0.2, 0) is 6.18 Å². The Morgan fingerprint density at radius 2 is 1.91 bits per heavy atom. The first-order valence-electron chi connectivity index (χ1n) is 11.0. The van der Waals surface area contributed by atoms with Crippen LogP contribution in [-0.4, -0.2) is 48.9 Å². The zero-order valence-corrected chi connectivity index (χ0v) is 19.3. The summed E-state index contributed by atoms with van der Waals surface area (Å²) in [6.07, 6.45) is -2.71. The second-order valence-electron chi connectivity index (χ2n) is 8.98. The molecule has 4 heterocycles. The minimum atomic E-state index is -4.56. The molecule has 3 aromatic heterocycles. The molecule has 0 radical (unpaired) electrons. The predicted molar refractivity (Wildman–Crippen MR) is 129 cm³/mol. The molecule has 0 amide bonds. The third kappa shape index (κ3) is 4.40. The standard InChI is InChI=1S/C22H20F4N8S.3H2/c1-11-6-17(33-32-11)29-16-8-18(34-9-21(23,10-34)12-2-3-12)31-20(30-16)35-13-4-5-14-15(7-13)28-19(27-14)22(24,25)26;;;/h4-8,12H,2-3,9-10H2,1H3,(H,27,28)(H2,29,30,31,32,33);3*1H. The molecule has 0 atom stereocenters. The van der Waals surface area contributed by atoms with E-state index in [9.17, 15) is 17.6 Å². The van der Waals surface area contributed by atoms with Gasteiger partial charge in [0.25, 0.3) is 0 Å². The summed E-state index contributed by atoms with van der Waals surface area (Å²) in [5.74, 6) is 0.712. The van der Waals surface area contributed by atoms with Crippen LogP contribution in [0.25, 0.3) is 11.0 Å². The Hall–Kier alpha value is -3.35. The number of aromatic nitrogens is 6. The number of hydrogen-bond donors (Lipinski definition) is 3. The van der Waals surface area contributed by atoms with Crippen LogP contribution in [0.5, 0.6) is 0 Å². The number of nitrogens with zero attached hydrogens (tertiary/aromatic N) is 5. The highest BCUT2D eigenvalue weighted by Crippen LogP contribution is 2.48. The van der Waals surface area contributed by atoms with Gasteiger partial charge >= 0.3 is 6.18 Å². The number of anilines is 3. The number of aryl methyl sites for hydroxylation is 1. The fourth-order valence-electron chi connectivity index (χ4n) is 4.20. The number of nitrogens with one attached hydrogen (secondary N) is 3. The van der Waals surface area contributed by atoms with Crippen molar-refractivity contribution in [3.05, 3.63) is 41.9 Å². The van der Waals surface area contributed by atoms with Gasteiger partial charge in [-0.2, -0.15) is 18.3 Å². The highest BCUT2D eigenvalue weighted by molar-refractivity contribution is 7.99. The monoisotopic (exact) mass is 510 g/mol. The van der Waals surface area contributed by atoms with E-state index in [-0.39, 0.29) is 34.3 Å². The van der Waals surface area contributed by atoms with E-state index in [1.54, 1.807) is 18.2 Å². The summed E-state index contributed by atoms with van der Waals surface area (Å²) < 4.78 is 54.0. The van der Waals surface area contributed by atoms with E-state index in [4.69, 9.17) is 0 Å². The van der Waals surface area contributed by atoms with Crippen LogP contribution in [0.15, 0.2) is 40.4 Å². The van der Waals surface area contributed by atoms with Crippen molar-refractivity contribution in [1.82, 2.24) is 30.1 Å². The number of halogens is 4. The maximum Gasteiger partial charge on any atom is 0.449 e. The first-order valence-corrected chi connectivity index (χ1v) is 11.8. The van der Waals surface area contributed by atoms with Crippen molar-refractivity contribution in [2.24, 2.45) is 5.92 Å². The second kappa shape index (κ2) is 7.83. The van der Waals surface area contributed by atoms with Crippen molar-refractivity contribution in [2.45, 2.75) is 41.7 Å². The molecule has 35 heavy (non-hydrogen) atoms. The molecule has 1 saturated heterocycles. The van der Waals surface area contributed by atoms with Crippen LogP contribution < -0.4 is 10.2 Å². The lowest BCUT2D eigenvalue weighted by Gasteiger charge is -2.45. The molecular formula is C22H26F4N8S. The molecule has 0 unspecified atom stereocenters. The smallest absolute Gasteiger partial charge is 0.350 e. The van der Waals surface area contributed by atoms with Crippen molar-refractivity contribution in [1.29, 1.82) is 0 Å². The summed E-state index contributed by atoms with van der Waals surface area (Å²) in [5.41, 5.74) is 0.176. The first-order chi connectivity index (χ1) is 16.6. The Labute approximate surface area is 205 Å². The normalized spacial score (nSPS) is 17.6. The third-order valence-electron chi connectivity index (χ3n) is 6.13. The van der Waals surface area contributed by atoms with E-state index in [0.29, 0.717) is 27.5 Å². The number of imidazole rings is 1. The fourth-order valence-corrected chi connectivity index (χ4v) is 5.01. The fraction of sp³-hybridized carbons (Fsp3) is 0.364. The van der Waals surface area contributed by atoms with Crippen LogP contribution in [0.2, 0.25) is 0 Å². The number of alkyl halides is 4. The van der Waals surface area contributed by atoms with E-state index >= 15 is 0 Å².